The van der Waals surface area contributed by atoms with E-state index in [1.807, 2.05) is 20.8 Å². The molecule has 1 aromatic rings. The Kier molecular flexibility index (Phi) is 6.02. The molecule has 1 rings (SSSR count). The van der Waals surface area contributed by atoms with E-state index in [1.165, 1.54) is 25.3 Å². The van der Waals surface area contributed by atoms with E-state index in [0.29, 0.717) is 5.75 Å². The maximum absolute atomic E-state index is 11.8. The van der Waals surface area contributed by atoms with Gasteiger partial charge < -0.3 is 19.9 Å². The Morgan fingerprint density at radius 1 is 1.29 bits per heavy atom. The fourth-order valence-electron chi connectivity index (χ4n) is 1.48. The number of methoxy groups -OCH3 is 1. The van der Waals surface area contributed by atoms with E-state index in [0.717, 1.165) is 0 Å². The number of hydrogen-bond acceptors (Lipinski definition) is 5. The predicted molar refractivity (Wildman–Crippen MR) is 77.4 cm³/mol. The van der Waals surface area contributed by atoms with Gasteiger partial charge in [-0.1, -0.05) is 13.8 Å². The normalized spacial score (nSPS) is 11.9. The summed E-state index contributed by atoms with van der Waals surface area (Å²) in [6, 6.07) is 4.20. The standard InChI is InChI=1S/C15H21NO5/c1-9(2)10(3)16-14(18)8-21-15(19)12-6-5-11(20-4)7-13(12)17/h5-7,9-10,17H,8H2,1-4H3,(H,16,18)/t10-/m0/s1. The second-order valence-corrected chi connectivity index (χ2v) is 5.06. The molecule has 0 heterocycles. The minimum atomic E-state index is -0.762. The third kappa shape index (κ3) is 4.98. The van der Waals surface area contributed by atoms with Crippen molar-refractivity contribution in [2.75, 3.05) is 13.7 Å². The lowest BCUT2D eigenvalue weighted by molar-refractivity contribution is -0.125. The third-order valence-corrected chi connectivity index (χ3v) is 3.15. The van der Waals surface area contributed by atoms with Gasteiger partial charge >= 0.3 is 5.97 Å². The van der Waals surface area contributed by atoms with Crippen LogP contribution in [0, 0.1) is 5.92 Å². The maximum Gasteiger partial charge on any atom is 0.342 e. The maximum atomic E-state index is 11.8. The van der Waals surface area contributed by atoms with Crippen molar-refractivity contribution in [2.45, 2.75) is 26.8 Å². The molecule has 0 spiro atoms. The second kappa shape index (κ2) is 7.52. The summed E-state index contributed by atoms with van der Waals surface area (Å²) in [6.45, 7) is 5.44. The van der Waals surface area contributed by atoms with Crippen LogP contribution in [-0.2, 0) is 9.53 Å². The minimum Gasteiger partial charge on any atom is -0.507 e. The number of esters is 1. The molecule has 116 valence electrons. The zero-order valence-corrected chi connectivity index (χ0v) is 12.7. The third-order valence-electron chi connectivity index (χ3n) is 3.15. The van der Waals surface area contributed by atoms with Gasteiger partial charge in [0.2, 0.25) is 0 Å². The molecular weight excluding hydrogens is 274 g/mol. The van der Waals surface area contributed by atoms with Gasteiger partial charge in [0.1, 0.15) is 17.1 Å². The van der Waals surface area contributed by atoms with Crippen molar-refractivity contribution in [3.63, 3.8) is 0 Å². The van der Waals surface area contributed by atoms with E-state index >= 15 is 0 Å². The molecule has 0 radical (unpaired) electrons. The molecule has 0 aliphatic heterocycles. The van der Waals surface area contributed by atoms with Gasteiger partial charge in [0.25, 0.3) is 5.91 Å². The Bertz CT molecular complexity index is 513. The van der Waals surface area contributed by atoms with Crippen LogP contribution in [0.1, 0.15) is 31.1 Å². The number of ether oxygens (including phenoxy) is 2. The largest absolute Gasteiger partial charge is 0.507 e. The first-order valence-corrected chi connectivity index (χ1v) is 6.68. The van der Waals surface area contributed by atoms with E-state index in [-0.39, 0.29) is 35.8 Å². The molecule has 0 saturated carbocycles. The molecule has 0 unspecified atom stereocenters. The number of carbonyl (C=O) groups excluding carboxylic acids is 2. The summed E-state index contributed by atoms with van der Waals surface area (Å²) in [5.41, 5.74) is -0.0134. The topological polar surface area (TPSA) is 84.9 Å². The number of phenolic OH excluding ortho intramolecular Hbond substituents is 1. The smallest absolute Gasteiger partial charge is 0.342 e. The van der Waals surface area contributed by atoms with E-state index in [1.54, 1.807) is 0 Å². The highest BCUT2D eigenvalue weighted by Crippen LogP contribution is 2.23. The highest BCUT2D eigenvalue weighted by atomic mass is 16.5. The number of carbonyl (C=O) groups is 2. The first-order chi connectivity index (χ1) is 9.85. The molecule has 6 heteroatoms. The number of phenols is 1. The molecule has 2 N–H and O–H groups in total. The molecular formula is C15H21NO5. The number of hydrogen-bond donors (Lipinski definition) is 2. The molecule has 1 aromatic carbocycles. The SMILES string of the molecule is COc1ccc(C(=O)OCC(=O)N[C@@H](C)C(C)C)c(O)c1. The van der Waals surface area contributed by atoms with Crippen LogP contribution < -0.4 is 10.1 Å². The Morgan fingerprint density at radius 3 is 2.48 bits per heavy atom. The molecule has 0 aliphatic rings. The van der Waals surface area contributed by atoms with Crippen LogP contribution in [0.2, 0.25) is 0 Å². The predicted octanol–water partition coefficient (Wildman–Crippen LogP) is 1.72. The quantitative estimate of drug-likeness (QED) is 0.781. The van der Waals surface area contributed by atoms with Gasteiger partial charge in [-0.15, -0.1) is 0 Å². The summed E-state index contributed by atoms with van der Waals surface area (Å²) in [4.78, 5) is 23.4. The zero-order valence-electron chi connectivity index (χ0n) is 12.7. The van der Waals surface area contributed by atoms with Crippen LogP contribution in [0.25, 0.3) is 0 Å². The van der Waals surface area contributed by atoms with Gasteiger partial charge in [0, 0.05) is 12.1 Å². The number of rotatable bonds is 6. The van der Waals surface area contributed by atoms with Crippen LogP contribution in [0.3, 0.4) is 0 Å². The van der Waals surface area contributed by atoms with Crippen molar-refractivity contribution in [2.24, 2.45) is 5.92 Å². The van der Waals surface area contributed by atoms with Crippen molar-refractivity contribution in [3.8, 4) is 11.5 Å². The Labute approximate surface area is 124 Å². The van der Waals surface area contributed by atoms with E-state index < -0.39 is 5.97 Å². The van der Waals surface area contributed by atoms with Crippen LogP contribution >= 0.6 is 0 Å². The van der Waals surface area contributed by atoms with E-state index in [2.05, 4.69) is 5.32 Å². The van der Waals surface area contributed by atoms with E-state index in [4.69, 9.17) is 9.47 Å². The average Bonchev–Trinajstić information content (AvgIpc) is 2.44. The van der Waals surface area contributed by atoms with Gasteiger partial charge in [-0.3, -0.25) is 4.79 Å². The molecule has 21 heavy (non-hydrogen) atoms. The molecule has 0 bridgehead atoms. The molecule has 1 amide bonds. The lowest BCUT2D eigenvalue weighted by atomic mass is 10.1. The number of nitrogens with one attached hydrogen (secondary N) is 1. The van der Waals surface area contributed by atoms with Crippen LogP contribution in [0.4, 0.5) is 0 Å². The summed E-state index contributed by atoms with van der Waals surface area (Å²) < 4.78 is 9.79. The van der Waals surface area contributed by atoms with Crippen LogP contribution in [0.15, 0.2) is 18.2 Å². The van der Waals surface area contributed by atoms with Crippen molar-refractivity contribution in [1.29, 1.82) is 0 Å². The number of amides is 1. The summed E-state index contributed by atoms with van der Waals surface area (Å²) in [5, 5.41) is 12.4. The van der Waals surface area contributed by atoms with Gasteiger partial charge in [-0.05, 0) is 25.0 Å². The first kappa shape index (κ1) is 16.8. The highest BCUT2D eigenvalue weighted by Gasteiger charge is 2.16. The fourth-order valence-corrected chi connectivity index (χ4v) is 1.48. The van der Waals surface area contributed by atoms with Crippen LogP contribution in [0.5, 0.6) is 11.5 Å². The fraction of sp³-hybridized carbons (Fsp3) is 0.467. The second-order valence-electron chi connectivity index (χ2n) is 5.06. The van der Waals surface area contributed by atoms with Crippen molar-refractivity contribution in [1.82, 2.24) is 5.32 Å². The van der Waals surface area contributed by atoms with Gasteiger partial charge in [-0.25, -0.2) is 4.79 Å². The van der Waals surface area contributed by atoms with Gasteiger partial charge in [0.15, 0.2) is 6.61 Å². The molecule has 0 aromatic heterocycles. The monoisotopic (exact) mass is 295 g/mol. The highest BCUT2D eigenvalue weighted by molar-refractivity contribution is 5.94. The summed E-state index contributed by atoms with van der Waals surface area (Å²) in [6.07, 6.45) is 0. The number of benzene rings is 1. The minimum absolute atomic E-state index is 0.00871. The summed E-state index contributed by atoms with van der Waals surface area (Å²) >= 11 is 0. The van der Waals surface area contributed by atoms with Crippen molar-refractivity contribution in [3.05, 3.63) is 23.8 Å². The first-order valence-electron chi connectivity index (χ1n) is 6.68. The van der Waals surface area contributed by atoms with Gasteiger partial charge in [0.05, 0.1) is 7.11 Å². The number of aromatic hydroxyl groups is 1. The van der Waals surface area contributed by atoms with Crippen molar-refractivity contribution >= 4 is 11.9 Å². The lowest BCUT2D eigenvalue weighted by Gasteiger charge is -2.17. The molecule has 6 nitrogen and oxygen atoms in total. The van der Waals surface area contributed by atoms with Gasteiger partial charge in [-0.2, -0.15) is 0 Å². The van der Waals surface area contributed by atoms with Crippen LogP contribution in [-0.4, -0.2) is 36.7 Å². The summed E-state index contributed by atoms with van der Waals surface area (Å²) in [7, 11) is 1.45. The molecule has 0 saturated heterocycles. The van der Waals surface area contributed by atoms with Crippen molar-refractivity contribution < 1.29 is 24.2 Å². The molecule has 0 fully saturated rings. The lowest BCUT2D eigenvalue weighted by Crippen LogP contribution is -2.38. The average molecular weight is 295 g/mol. The Morgan fingerprint density at radius 2 is 1.95 bits per heavy atom. The molecule has 0 aliphatic carbocycles. The summed E-state index contributed by atoms with van der Waals surface area (Å²) in [5.74, 6) is -0.682. The van der Waals surface area contributed by atoms with E-state index in [9.17, 15) is 14.7 Å². The Balaban J connectivity index is 2.56. The molecule has 1 atom stereocenters. The zero-order chi connectivity index (χ0) is 16.0. The Hall–Kier alpha value is -2.24.